The van der Waals surface area contributed by atoms with Crippen LogP contribution in [0.1, 0.15) is 5.82 Å². The first kappa shape index (κ1) is 20.5. The largest absolute Gasteiger partial charge is 0.326 e. The minimum absolute atomic E-state index is 0.0152. The third-order valence-corrected chi connectivity index (χ3v) is 5.75. The number of amides is 2. The lowest BCUT2D eigenvalue weighted by Crippen LogP contribution is -2.17. The lowest BCUT2D eigenvalue weighted by atomic mass is 10.3. The summed E-state index contributed by atoms with van der Waals surface area (Å²) in [7, 11) is 1.73. The van der Waals surface area contributed by atoms with Crippen LogP contribution in [0.5, 0.6) is 0 Å². The third kappa shape index (κ3) is 5.41. The Labute approximate surface area is 177 Å². The maximum atomic E-state index is 12.2. The fourth-order valence-electron chi connectivity index (χ4n) is 2.06. The monoisotopic (exact) mass is 457 g/mol. The molecule has 28 heavy (non-hydrogen) atoms. The molecule has 0 bridgehead atoms. The number of hydrogen-bond acceptors (Lipinski definition) is 8. The molecule has 1 aromatic carbocycles. The van der Waals surface area contributed by atoms with Gasteiger partial charge >= 0.3 is 0 Å². The molecule has 2 amide bonds. The number of carbonyl (C=O) groups is 2. The molecular formula is C15H13Cl2N7O2S2. The predicted molar refractivity (Wildman–Crippen MR) is 109 cm³/mol. The Bertz CT molecular complexity index is 994. The summed E-state index contributed by atoms with van der Waals surface area (Å²) in [5.74, 6) is 0.0776. The normalized spacial score (nSPS) is 10.7. The van der Waals surface area contributed by atoms with Crippen LogP contribution in [0.25, 0.3) is 0 Å². The summed E-state index contributed by atoms with van der Waals surface area (Å²) in [6.45, 7) is 0. The van der Waals surface area contributed by atoms with Gasteiger partial charge in [-0.05, 0) is 18.2 Å². The van der Waals surface area contributed by atoms with E-state index < -0.39 is 0 Å². The van der Waals surface area contributed by atoms with E-state index in [1.165, 1.54) is 28.6 Å². The Hall–Kier alpha value is -2.21. The number of nitrogens with zero attached hydrogens (tertiary/aromatic N) is 5. The van der Waals surface area contributed by atoms with E-state index in [-0.39, 0.29) is 24.0 Å². The number of aromatic nitrogens is 5. The summed E-state index contributed by atoms with van der Waals surface area (Å²) in [5.41, 5.74) is 2.06. The van der Waals surface area contributed by atoms with Crippen LogP contribution in [0.4, 0.5) is 10.8 Å². The molecule has 0 aliphatic rings. The van der Waals surface area contributed by atoms with Crippen LogP contribution in [-0.2, 0) is 23.1 Å². The molecule has 3 rings (SSSR count). The average molecular weight is 458 g/mol. The lowest BCUT2D eigenvalue weighted by Gasteiger charge is -2.07. The number of hydrogen-bond donors (Lipinski definition) is 2. The van der Waals surface area contributed by atoms with Crippen molar-refractivity contribution in [3.8, 4) is 0 Å². The van der Waals surface area contributed by atoms with Crippen LogP contribution in [0.2, 0.25) is 10.0 Å². The van der Waals surface area contributed by atoms with Gasteiger partial charge in [0.2, 0.25) is 16.9 Å². The highest BCUT2D eigenvalue weighted by atomic mass is 35.5. The van der Waals surface area contributed by atoms with Gasteiger partial charge in [0, 0.05) is 12.7 Å². The Morgan fingerprint density at radius 1 is 1.14 bits per heavy atom. The summed E-state index contributed by atoms with van der Waals surface area (Å²) in [6, 6.07) is 4.82. The minimum atomic E-state index is -0.278. The van der Waals surface area contributed by atoms with E-state index >= 15 is 0 Å². The van der Waals surface area contributed by atoms with Crippen LogP contribution in [0.3, 0.4) is 0 Å². The number of halogens is 2. The average Bonchev–Trinajstić information content (AvgIpc) is 3.27. The molecule has 2 N–H and O–H groups in total. The minimum Gasteiger partial charge on any atom is -0.326 e. The molecule has 3 aromatic rings. The molecule has 0 radical (unpaired) electrons. The molecule has 0 atom stereocenters. The second kappa shape index (κ2) is 9.32. The molecule has 0 aliphatic carbocycles. The van der Waals surface area contributed by atoms with Crippen molar-refractivity contribution in [1.29, 1.82) is 0 Å². The van der Waals surface area contributed by atoms with E-state index in [1.807, 2.05) is 0 Å². The molecule has 0 unspecified atom stereocenters. The number of rotatable bonds is 7. The molecule has 0 saturated heterocycles. The molecule has 2 heterocycles. The van der Waals surface area contributed by atoms with E-state index in [9.17, 15) is 9.59 Å². The van der Waals surface area contributed by atoms with Crippen molar-refractivity contribution < 1.29 is 9.59 Å². The first-order valence-corrected chi connectivity index (χ1v) is 10.4. The summed E-state index contributed by atoms with van der Waals surface area (Å²) in [4.78, 5) is 24.1. The van der Waals surface area contributed by atoms with Crippen molar-refractivity contribution in [3.05, 3.63) is 39.6 Å². The maximum Gasteiger partial charge on any atom is 0.236 e. The van der Waals surface area contributed by atoms with Crippen molar-refractivity contribution >= 4 is 68.9 Å². The van der Waals surface area contributed by atoms with Gasteiger partial charge in [-0.2, -0.15) is 0 Å². The zero-order chi connectivity index (χ0) is 20.1. The summed E-state index contributed by atoms with van der Waals surface area (Å²) in [5, 5.41) is 22.5. The van der Waals surface area contributed by atoms with E-state index in [1.54, 1.807) is 29.8 Å². The molecule has 0 aliphatic heterocycles. The van der Waals surface area contributed by atoms with E-state index in [0.717, 1.165) is 0 Å². The summed E-state index contributed by atoms with van der Waals surface area (Å²) in [6.07, 6.45) is 0.0152. The molecule has 13 heteroatoms. The zero-order valence-corrected chi connectivity index (χ0v) is 17.5. The number of thioether (sulfide) groups is 1. The Morgan fingerprint density at radius 3 is 2.68 bits per heavy atom. The van der Waals surface area contributed by atoms with Gasteiger partial charge in [0.1, 0.15) is 11.3 Å². The number of benzene rings is 1. The van der Waals surface area contributed by atoms with Crippen molar-refractivity contribution in [2.45, 2.75) is 11.6 Å². The predicted octanol–water partition coefficient (Wildman–Crippen LogP) is 2.89. The fourth-order valence-corrected chi connectivity index (χ4v) is 3.55. The molecule has 0 saturated carbocycles. The summed E-state index contributed by atoms with van der Waals surface area (Å²) < 4.78 is 1.66. The van der Waals surface area contributed by atoms with Crippen LogP contribution in [-0.4, -0.2) is 42.5 Å². The van der Waals surface area contributed by atoms with Crippen LogP contribution in [0, 0.1) is 0 Å². The quantitative estimate of drug-likeness (QED) is 0.523. The topological polar surface area (TPSA) is 115 Å². The first-order valence-electron chi connectivity index (χ1n) is 7.74. The van der Waals surface area contributed by atoms with Crippen molar-refractivity contribution in [1.82, 2.24) is 25.0 Å². The smallest absolute Gasteiger partial charge is 0.236 e. The highest BCUT2D eigenvalue weighted by Gasteiger charge is 2.15. The van der Waals surface area contributed by atoms with Gasteiger partial charge in [-0.3, -0.25) is 14.9 Å². The van der Waals surface area contributed by atoms with Crippen molar-refractivity contribution in [2.75, 3.05) is 16.4 Å². The Kier molecular flexibility index (Phi) is 6.83. The lowest BCUT2D eigenvalue weighted by molar-refractivity contribution is -0.116. The van der Waals surface area contributed by atoms with Gasteiger partial charge < -0.3 is 9.88 Å². The third-order valence-electron chi connectivity index (χ3n) is 3.39. The standard InChI is InChI=1S/C15H13Cl2N7O2S2/c1-24-11(5-12(25)19-8-2-3-9(16)10(17)4-8)21-23-15(24)27-6-13(26)20-14-22-18-7-28-14/h2-4,7H,5-6H2,1H3,(H,19,25)(H,20,22,26). The Balaban J connectivity index is 1.54. The van der Waals surface area contributed by atoms with Gasteiger partial charge in [0.15, 0.2) is 5.16 Å². The highest BCUT2D eigenvalue weighted by molar-refractivity contribution is 7.99. The molecule has 146 valence electrons. The van der Waals surface area contributed by atoms with Gasteiger partial charge in [0.05, 0.1) is 22.2 Å². The molecule has 9 nitrogen and oxygen atoms in total. The molecule has 0 spiro atoms. The fraction of sp³-hybridized carbons (Fsp3) is 0.200. The first-order chi connectivity index (χ1) is 13.4. The Morgan fingerprint density at radius 2 is 1.96 bits per heavy atom. The van der Waals surface area contributed by atoms with Crippen LogP contribution in [0.15, 0.2) is 28.9 Å². The number of carbonyl (C=O) groups excluding carboxylic acids is 2. The molecule has 0 fully saturated rings. The van der Waals surface area contributed by atoms with Crippen molar-refractivity contribution in [2.24, 2.45) is 7.05 Å². The summed E-state index contributed by atoms with van der Waals surface area (Å²) >= 11 is 14.2. The maximum absolute atomic E-state index is 12.2. The van der Waals surface area contributed by atoms with Crippen LogP contribution < -0.4 is 10.6 Å². The second-order valence-corrected chi connectivity index (χ2v) is 7.98. The van der Waals surface area contributed by atoms with Crippen molar-refractivity contribution in [3.63, 3.8) is 0 Å². The van der Waals surface area contributed by atoms with Crippen LogP contribution >= 0.6 is 46.3 Å². The van der Waals surface area contributed by atoms with Gasteiger partial charge in [-0.1, -0.05) is 46.3 Å². The second-order valence-electron chi connectivity index (χ2n) is 5.39. The van der Waals surface area contributed by atoms with E-state index in [4.69, 9.17) is 23.2 Å². The zero-order valence-electron chi connectivity index (χ0n) is 14.3. The molecular weight excluding hydrogens is 445 g/mol. The van der Waals surface area contributed by atoms with Gasteiger partial charge in [-0.15, -0.1) is 20.4 Å². The molecule has 2 aromatic heterocycles. The highest BCUT2D eigenvalue weighted by Crippen LogP contribution is 2.25. The number of anilines is 2. The van der Waals surface area contributed by atoms with E-state index in [2.05, 4.69) is 31.0 Å². The van der Waals surface area contributed by atoms with E-state index in [0.29, 0.717) is 31.8 Å². The van der Waals surface area contributed by atoms with Gasteiger partial charge in [0.25, 0.3) is 0 Å². The number of nitrogens with one attached hydrogen (secondary N) is 2. The SMILES string of the molecule is Cn1c(CC(=O)Nc2ccc(Cl)c(Cl)c2)nnc1SCC(=O)Nc1nncs1. The van der Waals surface area contributed by atoms with Gasteiger partial charge in [-0.25, -0.2) is 0 Å².